The van der Waals surface area contributed by atoms with Crippen molar-refractivity contribution in [3.05, 3.63) is 24.5 Å². The van der Waals surface area contributed by atoms with Crippen LogP contribution < -0.4 is 11.2 Å². The Hall–Kier alpha value is -2.83. The molecule has 2 aromatic heterocycles. The number of carbonyl (C=O) groups excluding carboxylic acids is 1. The standard InChI is InChI=1S/C14H14N6O/c15-9-4-1-3-8-11-13(18-12(8)9)16-7-17-14(11)19-20-6-2-5-10(20)21/h1,3-4,7H,2,5-6,15H2,(H2,16,17,18,19). The van der Waals surface area contributed by atoms with Crippen molar-refractivity contribution in [1.82, 2.24) is 20.0 Å². The molecule has 4 N–H and O–H groups in total. The maximum Gasteiger partial charge on any atom is 0.241 e. The number of nitrogens with two attached hydrogens (primary N) is 1. The summed E-state index contributed by atoms with van der Waals surface area (Å²) in [5.41, 5.74) is 11.3. The smallest absolute Gasteiger partial charge is 0.241 e. The van der Waals surface area contributed by atoms with Crippen LogP contribution in [0.2, 0.25) is 0 Å². The SMILES string of the molecule is Nc1cccc2c1[nH]c1ncnc(NN3CCCC3=O)c12. The number of amides is 1. The van der Waals surface area contributed by atoms with Gasteiger partial charge >= 0.3 is 0 Å². The van der Waals surface area contributed by atoms with E-state index in [9.17, 15) is 4.79 Å². The molecule has 1 saturated heterocycles. The summed E-state index contributed by atoms with van der Waals surface area (Å²) in [5.74, 6) is 0.702. The molecule has 0 aliphatic carbocycles. The lowest BCUT2D eigenvalue weighted by Crippen LogP contribution is -2.31. The number of aromatic nitrogens is 3. The summed E-state index contributed by atoms with van der Waals surface area (Å²) in [6.07, 6.45) is 2.90. The first-order chi connectivity index (χ1) is 10.2. The Balaban J connectivity index is 1.90. The Morgan fingerprint density at radius 2 is 2.24 bits per heavy atom. The van der Waals surface area contributed by atoms with E-state index in [2.05, 4.69) is 20.4 Å². The summed E-state index contributed by atoms with van der Waals surface area (Å²) >= 11 is 0. The third kappa shape index (κ3) is 1.78. The number of para-hydroxylation sites is 1. The van der Waals surface area contributed by atoms with Crippen LogP contribution in [-0.2, 0) is 4.79 Å². The summed E-state index contributed by atoms with van der Waals surface area (Å²) in [4.78, 5) is 23.5. The van der Waals surface area contributed by atoms with Gasteiger partial charge in [0.1, 0.15) is 12.0 Å². The molecule has 1 fully saturated rings. The van der Waals surface area contributed by atoms with E-state index in [0.29, 0.717) is 30.1 Å². The zero-order chi connectivity index (χ0) is 14.4. The van der Waals surface area contributed by atoms with Crippen LogP contribution in [0.3, 0.4) is 0 Å². The Morgan fingerprint density at radius 3 is 3.05 bits per heavy atom. The maximum absolute atomic E-state index is 11.8. The summed E-state index contributed by atoms with van der Waals surface area (Å²) in [6, 6.07) is 5.69. The van der Waals surface area contributed by atoms with Crippen LogP contribution in [0, 0.1) is 0 Å². The van der Waals surface area contributed by atoms with Crippen LogP contribution in [0.1, 0.15) is 12.8 Å². The second-order valence-electron chi connectivity index (χ2n) is 5.10. The number of H-pyrrole nitrogens is 1. The van der Waals surface area contributed by atoms with Gasteiger partial charge in [0, 0.05) is 18.4 Å². The van der Waals surface area contributed by atoms with Crippen LogP contribution in [-0.4, -0.2) is 32.4 Å². The molecule has 0 spiro atoms. The van der Waals surface area contributed by atoms with Gasteiger partial charge in [0.05, 0.1) is 16.6 Å². The van der Waals surface area contributed by atoms with Gasteiger partial charge in [0.2, 0.25) is 5.91 Å². The Bertz CT molecular complexity index is 855. The molecule has 0 unspecified atom stereocenters. The molecule has 0 bridgehead atoms. The number of aromatic amines is 1. The van der Waals surface area contributed by atoms with Crippen LogP contribution in [0.4, 0.5) is 11.5 Å². The van der Waals surface area contributed by atoms with Gasteiger partial charge in [-0.1, -0.05) is 12.1 Å². The number of anilines is 2. The van der Waals surface area contributed by atoms with Crippen molar-refractivity contribution < 1.29 is 4.79 Å². The highest BCUT2D eigenvalue weighted by Crippen LogP contribution is 2.32. The van der Waals surface area contributed by atoms with E-state index in [1.807, 2.05) is 18.2 Å². The number of hydrogen-bond acceptors (Lipinski definition) is 5. The number of carbonyl (C=O) groups is 1. The van der Waals surface area contributed by atoms with Crippen molar-refractivity contribution in [2.45, 2.75) is 12.8 Å². The van der Waals surface area contributed by atoms with E-state index < -0.39 is 0 Å². The average Bonchev–Trinajstić information content (AvgIpc) is 3.05. The molecule has 3 aromatic rings. The molecule has 1 amide bonds. The van der Waals surface area contributed by atoms with E-state index >= 15 is 0 Å². The fourth-order valence-corrected chi connectivity index (χ4v) is 2.75. The van der Waals surface area contributed by atoms with E-state index in [1.165, 1.54) is 6.33 Å². The van der Waals surface area contributed by atoms with Gasteiger partial charge in [-0.2, -0.15) is 0 Å². The number of nitrogens with zero attached hydrogens (tertiary/aromatic N) is 3. The topological polar surface area (TPSA) is 99.9 Å². The van der Waals surface area contributed by atoms with Crippen molar-refractivity contribution in [3.63, 3.8) is 0 Å². The van der Waals surface area contributed by atoms with Gasteiger partial charge < -0.3 is 10.7 Å². The van der Waals surface area contributed by atoms with Crippen LogP contribution in [0.15, 0.2) is 24.5 Å². The van der Waals surface area contributed by atoms with Crippen molar-refractivity contribution in [2.24, 2.45) is 0 Å². The minimum Gasteiger partial charge on any atom is -0.397 e. The minimum atomic E-state index is 0.0844. The van der Waals surface area contributed by atoms with E-state index in [-0.39, 0.29) is 5.91 Å². The number of hydrazine groups is 1. The lowest BCUT2D eigenvalue weighted by atomic mass is 10.2. The summed E-state index contributed by atoms with van der Waals surface area (Å²) < 4.78 is 0. The molecule has 1 aliphatic rings. The van der Waals surface area contributed by atoms with Crippen molar-refractivity contribution >= 4 is 39.3 Å². The van der Waals surface area contributed by atoms with Gasteiger partial charge in [-0.05, 0) is 12.5 Å². The highest BCUT2D eigenvalue weighted by atomic mass is 16.2. The number of nitrogens with one attached hydrogen (secondary N) is 2. The first kappa shape index (κ1) is 12.0. The Kier molecular flexibility index (Phi) is 2.47. The molecule has 0 atom stereocenters. The zero-order valence-electron chi connectivity index (χ0n) is 11.3. The maximum atomic E-state index is 11.8. The number of benzene rings is 1. The lowest BCUT2D eigenvalue weighted by Gasteiger charge is -2.17. The monoisotopic (exact) mass is 282 g/mol. The van der Waals surface area contributed by atoms with E-state index in [4.69, 9.17) is 5.73 Å². The molecular weight excluding hydrogens is 268 g/mol. The largest absolute Gasteiger partial charge is 0.397 e. The van der Waals surface area contributed by atoms with E-state index in [0.717, 1.165) is 22.7 Å². The number of fused-ring (bicyclic) bond motifs is 3. The predicted molar refractivity (Wildman–Crippen MR) is 80.4 cm³/mol. The second-order valence-corrected chi connectivity index (χ2v) is 5.10. The normalized spacial score (nSPS) is 15.2. The molecule has 106 valence electrons. The fourth-order valence-electron chi connectivity index (χ4n) is 2.75. The van der Waals surface area contributed by atoms with Gasteiger partial charge in [0.15, 0.2) is 5.82 Å². The molecule has 4 rings (SSSR count). The molecule has 1 aromatic carbocycles. The first-order valence-corrected chi connectivity index (χ1v) is 6.82. The van der Waals surface area contributed by atoms with Gasteiger partial charge in [-0.25, -0.2) is 9.97 Å². The number of rotatable bonds is 2. The molecule has 7 nitrogen and oxygen atoms in total. The van der Waals surface area contributed by atoms with Crippen molar-refractivity contribution in [1.29, 1.82) is 0 Å². The first-order valence-electron chi connectivity index (χ1n) is 6.82. The van der Waals surface area contributed by atoms with Crippen molar-refractivity contribution in [3.8, 4) is 0 Å². The summed E-state index contributed by atoms with van der Waals surface area (Å²) in [6.45, 7) is 0.689. The van der Waals surface area contributed by atoms with Crippen LogP contribution in [0.5, 0.6) is 0 Å². The molecular formula is C14H14N6O. The van der Waals surface area contributed by atoms with Crippen LogP contribution >= 0.6 is 0 Å². The molecule has 21 heavy (non-hydrogen) atoms. The molecule has 0 radical (unpaired) electrons. The zero-order valence-corrected chi connectivity index (χ0v) is 11.3. The quantitative estimate of drug-likeness (QED) is 0.620. The third-order valence-corrected chi connectivity index (χ3v) is 3.77. The number of nitrogen functional groups attached to an aromatic ring is 1. The molecule has 3 heterocycles. The molecule has 7 heteroatoms. The lowest BCUT2D eigenvalue weighted by molar-refractivity contribution is -0.126. The van der Waals surface area contributed by atoms with Gasteiger partial charge in [-0.15, -0.1) is 0 Å². The third-order valence-electron chi connectivity index (χ3n) is 3.77. The summed E-state index contributed by atoms with van der Waals surface area (Å²) in [5, 5.41) is 3.40. The molecule has 1 aliphatic heterocycles. The highest BCUT2D eigenvalue weighted by molar-refractivity contribution is 6.14. The van der Waals surface area contributed by atoms with Gasteiger partial charge in [0.25, 0.3) is 0 Å². The number of hydrogen-bond donors (Lipinski definition) is 3. The molecule has 0 saturated carbocycles. The Morgan fingerprint density at radius 1 is 1.33 bits per heavy atom. The van der Waals surface area contributed by atoms with Crippen molar-refractivity contribution in [2.75, 3.05) is 17.7 Å². The highest BCUT2D eigenvalue weighted by Gasteiger charge is 2.22. The predicted octanol–water partition coefficient (Wildman–Crippen LogP) is 1.64. The minimum absolute atomic E-state index is 0.0844. The van der Waals surface area contributed by atoms with Crippen LogP contribution in [0.25, 0.3) is 21.9 Å². The average molecular weight is 282 g/mol. The second kappa shape index (κ2) is 4.34. The van der Waals surface area contributed by atoms with E-state index in [1.54, 1.807) is 5.01 Å². The van der Waals surface area contributed by atoms with Gasteiger partial charge in [-0.3, -0.25) is 15.2 Å². The Labute approximate surface area is 120 Å². The summed E-state index contributed by atoms with van der Waals surface area (Å²) in [7, 11) is 0. The fraction of sp³-hybridized carbons (Fsp3) is 0.214.